The van der Waals surface area contributed by atoms with Gasteiger partial charge in [0.15, 0.2) is 16.7 Å². The molecule has 35 heavy (non-hydrogen) atoms. The molecule has 0 radical (unpaired) electrons. The lowest BCUT2D eigenvalue weighted by Crippen LogP contribution is -2.43. The summed E-state index contributed by atoms with van der Waals surface area (Å²) in [4.78, 5) is 52.6. The fraction of sp³-hybridized carbons (Fsp3) is 0.429. The van der Waals surface area contributed by atoms with Gasteiger partial charge in [-0.25, -0.2) is 13.7 Å². The average Bonchev–Trinajstić information content (AvgIpc) is 3.18. The molecule has 0 bridgehead atoms. The topological polar surface area (TPSA) is 266 Å². The minimum absolute atomic E-state index is 0.0232. The van der Waals surface area contributed by atoms with Crippen LogP contribution in [0.25, 0.3) is 11.0 Å². The molecule has 1 fully saturated rings. The van der Waals surface area contributed by atoms with E-state index in [9.17, 15) is 33.4 Å². The summed E-state index contributed by atoms with van der Waals surface area (Å²) in [5.74, 6) is 1.90. The number of aromatic nitrogens is 3. The first kappa shape index (κ1) is 28.0. The van der Waals surface area contributed by atoms with Gasteiger partial charge in [0.05, 0.1) is 11.5 Å². The van der Waals surface area contributed by atoms with Crippen LogP contribution in [0.3, 0.4) is 0 Å². The number of aliphatic hydroxyl groups is 1. The van der Waals surface area contributed by atoms with Crippen molar-refractivity contribution in [3.63, 3.8) is 0 Å². The number of rotatable bonds is 8. The van der Waals surface area contributed by atoms with E-state index in [2.05, 4.69) is 29.0 Å². The molecule has 8 N–H and O–H groups in total. The van der Waals surface area contributed by atoms with Crippen LogP contribution in [-0.4, -0.2) is 62.4 Å². The lowest BCUT2D eigenvalue weighted by Gasteiger charge is -2.26. The highest BCUT2D eigenvalue weighted by Crippen LogP contribution is 2.66. The largest absolute Gasteiger partial charge is 0.490 e. The van der Waals surface area contributed by atoms with Gasteiger partial charge in [-0.15, -0.1) is 6.42 Å². The zero-order valence-electron chi connectivity index (χ0n) is 17.2. The fourth-order valence-corrected chi connectivity index (χ4v) is 6.80. The maximum absolute atomic E-state index is 12.1. The molecule has 0 amide bonds. The van der Waals surface area contributed by atoms with Gasteiger partial charge in [0.25, 0.3) is 5.56 Å². The zero-order valence-corrected chi connectivity index (χ0v) is 20.7. The van der Waals surface area contributed by atoms with E-state index in [1.54, 1.807) is 0 Å². The highest BCUT2D eigenvalue weighted by molar-refractivity contribution is 7.66. The van der Waals surface area contributed by atoms with E-state index in [4.69, 9.17) is 38.3 Å². The molecule has 0 spiro atoms. The Bertz CT molecular complexity index is 1380. The third-order valence-electron chi connectivity index (χ3n) is 4.64. The van der Waals surface area contributed by atoms with Crippen molar-refractivity contribution in [2.75, 3.05) is 5.73 Å². The van der Waals surface area contributed by atoms with Gasteiger partial charge in [-0.05, 0) is 13.0 Å². The number of fused-ring (bicyclic) bond motifs is 1. The Balaban J connectivity index is 1.89. The van der Waals surface area contributed by atoms with Crippen LogP contribution >= 0.6 is 35.1 Å². The summed E-state index contributed by atoms with van der Waals surface area (Å²) in [5, 5.41) is 10.8. The van der Waals surface area contributed by atoms with Crippen molar-refractivity contribution in [3.8, 4) is 12.3 Å². The number of halogens is 1. The zero-order chi connectivity index (χ0) is 26.6. The average molecular weight is 579 g/mol. The molecule has 1 aliphatic rings. The molecule has 6 unspecified atom stereocenters. The molecule has 3 rings (SSSR count). The predicted octanol–water partition coefficient (Wildman–Crippen LogP) is -0.0923. The number of H-pyrrole nitrogens is 1. The van der Waals surface area contributed by atoms with Gasteiger partial charge < -0.3 is 39.7 Å². The van der Waals surface area contributed by atoms with Crippen molar-refractivity contribution in [3.05, 3.63) is 22.6 Å². The molecule has 0 aromatic carbocycles. The highest BCUT2D eigenvalue weighted by Gasteiger charge is 2.58. The molecule has 1 aliphatic heterocycles. The molecule has 7 atom stereocenters. The number of nitrogens with two attached hydrogens (primary N) is 1. The van der Waals surface area contributed by atoms with Crippen molar-refractivity contribution < 1.29 is 56.3 Å². The maximum atomic E-state index is 12.1. The number of anilines is 1. The fourth-order valence-electron chi connectivity index (χ4n) is 3.32. The third-order valence-corrected chi connectivity index (χ3v) is 9.08. The summed E-state index contributed by atoms with van der Waals surface area (Å²) in [6.07, 6.45) is 0.350. The molecule has 194 valence electrons. The van der Waals surface area contributed by atoms with Crippen molar-refractivity contribution in [2.24, 2.45) is 0 Å². The molecule has 3 heterocycles. The minimum atomic E-state index is -5.78. The predicted molar refractivity (Wildman–Crippen MR) is 117 cm³/mol. The van der Waals surface area contributed by atoms with Crippen molar-refractivity contribution >= 4 is 52.1 Å². The number of phosphoric ester groups is 1. The van der Waals surface area contributed by atoms with E-state index in [1.807, 2.05) is 0 Å². The Labute approximate surface area is 200 Å². The van der Waals surface area contributed by atoms with Crippen molar-refractivity contribution in [1.82, 2.24) is 14.5 Å². The second-order valence-corrected chi connectivity index (χ2v) is 12.1. The number of nitrogens with one attached hydrogen (secondary N) is 1. The number of alkyl halides is 1. The van der Waals surface area contributed by atoms with Crippen LogP contribution in [-0.2, 0) is 31.6 Å². The van der Waals surface area contributed by atoms with E-state index in [0.717, 1.165) is 6.92 Å². The van der Waals surface area contributed by atoms with E-state index in [0.29, 0.717) is 0 Å². The van der Waals surface area contributed by atoms with Crippen LogP contribution in [0, 0.1) is 12.3 Å². The molecular weight excluding hydrogens is 561 g/mol. The number of terminal acetylenes is 1. The van der Waals surface area contributed by atoms with Crippen LogP contribution in [0.5, 0.6) is 0 Å². The summed E-state index contributed by atoms with van der Waals surface area (Å²) in [6.45, 7) is 1.07. The van der Waals surface area contributed by atoms with Gasteiger partial charge in [0, 0.05) is 6.20 Å². The number of hydrogen-bond acceptors (Lipinski definition) is 11. The van der Waals surface area contributed by atoms with Gasteiger partial charge in [0.1, 0.15) is 12.2 Å². The van der Waals surface area contributed by atoms with Crippen LogP contribution in [0.4, 0.5) is 5.95 Å². The molecule has 1 saturated heterocycles. The second-order valence-electron chi connectivity index (χ2n) is 7.12. The Morgan fingerprint density at radius 2 is 1.94 bits per heavy atom. The Morgan fingerprint density at radius 1 is 1.31 bits per heavy atom. The lowest BCUT2D eigenvalue weighted by atomic mass is 9.97. The second kappa shape index (κ2) is 9.37. The maximum Gasteiger partial charge on any atom is 0.490 e. The first-order valence-electron chi connectivity index (χ1n) is 9.08. The molecular formula is C14H18ClN4O13P3. The standard InChI is InChI=1S/C14H18ClN4O13P3/c1-3-14(15)9(20)8(6(2)30-34(25,26)32-35(27,28)31-33(22,23)24)29-12(14)19-5-4-7-10(19)17-13(16)18-11(7)21/h1,4-6,8-9,12,20H,2H3,(H,25,26)(H,27,28)(H2,22,23,24)(H3,16,17,18,21)/t6-,8?,9?,12?,14?/m1/s1. The van der Waals surface area contributed by atoms with Gasteiger partial charge in [0.2, 0.25) is 5.95 Å². The first-order valence-corrected chi connectivity index (χ1v) is 14.0. The Kier molecular flexibility index (Phi) is 7.49. The van der Waals surface area contributed by atoms with E-state index in [-0.39, 0.29) is 17.0 Å². The monoisotopic (exact) mass is 578 g/mol. The number of aliphatic hydroxyl groups excluding tert-OH is 1. The summed E-state index contributed by atoms with van der Waals surface area (Å²) >= 11 is 6.45. The summed E-state index contributed by atoms with van der Waals surface area (Å²) in [6, 6.07) is 1.34. The molecule has 21 heteroatoms. The normalized spacial score (nSPS) is 29.4. The Morgan fingerprint density at radius 3 is 2.51 bits per heavy atom. The molecule has 0 saturated carbocycles. The van der Waals surface area contributed by atoms with Gasteiger partial charge in [-0.3, -0.25) is 14.3 Å². The van der Waals surface area contributed by atoms with E-state index < -0.39 is 58.4 Å². The summed E-state index contributed by atoms with van der Waals surface area (Å²) < 4.78 is 53.3. The minimum Gasteiger partial charge on any atom is -0.387 e. The number of hydrogen-bond donors (Lipinski definition) is 7. The van der Waals surface area contributed by atoms with Crippen LogP contribution in [0.1, 0.15) is 13.2 Å². The summed E-state index contributed by atoms with van der Waals surface area (Å²) in [5.41, 5.74) is 4.96. The molecule has 17 nitrogen and oxygen atoms in total. The quantitative estimate of drug-likeness (QED) is 0.122. The number of nitrogens with zero attached hydrogens (tertiary/aromatic N) is 2. The summed E-state index contributed by atoms with van der Waals surface area (Å²) in [7, 11) is -16.9. The number of aromatic amines is 1. The number of phosphoric acid groups is 3. The van der Waals surface area contributed by atoms with E-state index >= 15 is 0 Å². The van der Waals surface area contributed by atoms with Gasteiger partial charge >= 0.3 is 23.5 Å². The number of ether oxygens (including phenoxy) is 1. The van der Waals surface area contributed by atoms with E-state index in [1.165, 1.54) is 16.8 Å². The SMILES string of the molecule is C#CC1(Cl)C(O)C([C@@H](C)OP(=O)(O)OP(=O)(O)OP(=O)(O)O)OC1n1ccc2c(=O)[nH]c(N)nc21. The van der Waals surface area contributed by atoms with Crippen LogP contribution in [0.2, 0.25) is 0 Å². The highest BCUT2D eigenvalue weighted by atomic mass is 35.5. The molecule has 2 aromatic heterocycles. The van der Waals surface area contributed by atoms with Gasteiger partial charge in [-0.2, -0.15) is 13.6 Å². The van der Waals surface area contributed by atoms with Gasteiger partial charge in [-0.1, -0.05) is 17.5 Å². The number of nitrogen functional groups attached to an aromatic ring is 1. The van der Waals surface area contributed by atoms with Crippen LogP contribution in [0.15, 0.2) is 17.1 Å². The lowest BCUT2D eigenvalue weighted by molar-refractivity contribution is -0.0727. The first-order chi connectivity index (χ1) is 15.9. The van der Waals surface area contributed by atoms with Crippen molar-refractivity contribution in [1.29, 1.82) is 0 Å². The molecule has 0 aliphatic carbocycles. The Hall–Kier alpha value is -1.60. The molecule has 2 aromatic rings. The smallest absolute Gasteiger partial charge is 0.387 e. The van der Waals surface area contributed by atoms with Crippen LogP contribution < -0.4 is 11.3 Å². The third kappa shape index (κ3) is 5.87. The van der Waals surface area contributed by atoms with Crippen molar-refractivity contribution in [2.45, 2.75) is 36.3 Å².